The van der Waals surface area contributed by atoms with Gasteiger partial charge in [-0.1, -0.05) is 0 Å². The van der Waals surface area contributed by atoms with Crippen molar-refractivity contribution in [3.8, 4) is 0 Å². The quantitative estimate of drug-likeness (QED) is 0.329. The van der Waals surface area contributed by atoms with E-state index in [1.807, 2.05) is 0 Å². The van der Waals surface area contributed by atoms with Crippen molar-refractivity contribution in [3.63, 3.8) is 0 Å². The number of nitrogens with one attached hydrogen (secondary N) is 1. The van der Waals surface area contributed by atoms with Crippen molar-refractivity contribution in [1.82, 2.24) is 0 Å². The molecule has 0 saturated carbocycles. The van der Waals surface area contributed by atoms with Crippen LogP contribution in [-0.2, 0) is 4.84 Å². The highest BCUT2D eigenvalue weighted by Crippen LogP contribution is 2.24. The predicted molar refractivity (Wildman–Crippen MR) is 103 cm³/mol. The van der Waals surface area contributed by atoms with Crippen LogP contribution in [0.5, 0.6) is 0 Å². The van der Waals surface area contributed by atoms with E-state index in [0.29, 0.717) is 5.69 Å². The van der Waals surface area contributed by atoms with E-state index in [4.69, 9.17) is 9.25 Å². The summed E-state index contributed by atoms with van der Waals surface area (Å²) in [7, 11) is 0. The number of non-ortho nitro benzene ring substituents is 2. The Hall–Kier alpha value is -4.94. The molecule has 1 aromatic heterocycles. The molecule has 1 heterocycles. The molecule has 1 amide bonds. The van der Waals surface area contributed by atoms with E-state index in [0.717, 1.165) is 18.2 Å². The first kappa shape index (κ1) is 20.8. The van der Waals surface area contributed by atoms with Crippen LogP contribution in [0.15, 0.2) is 75.5 Å². The van der Waals surface area contributed by atoms with Crippen molar-refractivity contribution in [2.45, 2.75) is 0 Å². The van der Waals surface area contributed by atoms with Gasteiger partial charge in [-0.2, -0.15) is 0 Å². The van der Waals surface area contributed by atoms with E-state index in [-0.39, 0.29) is 17.0 Å². The first-order valence-electron chi connectivity index (χ1n) is 8.34. The summed E-state index contributed by atoms with van der Waals surface area (Å²) < 4.78 is 4.89. The molecule has 3 aromatic rings. The van der Waals surface area contributed by atoms with Gasteiger partial charge in [-0.05, 0) is 36.4 Å². The molecule has 0 atom stereocenters. The second kappa shape index (κ2) is 9.04. The van der Waals surface area contributed by atoms with Crippen molar-refractivity contribution in [1.29, 1.82) is 0 Å². The third kappa shape index (κ3) is 5.32. The van der Waals surface area contributed by atoms with Crippen LogP contribution in [0, 0.1) is 20.2 Å². The molecule has 0 bridgehead atoms. The summed E-state index contributed by atoms with van der Waals surface area (Å²) in [5.74, 6) is -1.72. The predicted octanol–water partition coefficient (Wildman–Crippen LogP) is 4.20. The normalized spacial score (nSPS) is 10.6. The zero-order valence-corrected chi connectivity index (χ0v) is 15.3. The number of hydrogen-bond acceptors (Lipinski definition) is 10. The molecule has 0 saturated heterocycles. The molecule has 2 aromatic carbocycles. The van der Waals surface area contributed by atoms with Crippen LogP contribution in [0.3, 0.4) is 0 Å². The first-order valence-corrected chi connectivity index (χ1v) is 8.34. The Bertz CT molecular complexity index is 1140. The number of rotatable bonds is 7. The number of nitro benzene ring substituents is 2. The number of azo groups is 1. The maximum atomic E-state index is 12.1. The number of nitrogens with zero attached hydrogens (tertiary/aromatic N) is 4. The van der Waals surface area contributed by atoms with Gasteiger partial charge in [0.1, 0.15) is 0 Å². The minimum absolute atomic E-state index is 0.0119. The van der Waals surface area contributed by atoms with Crippen LogP contribution >= 0.6 is 0 Å². The van der Waals surface area contributed by atoms with E-state index in [9.17, 15) is 29.8 Å². The van der Waals surface area contributed by atoms with Crippen molar-refractivity contribution in [2.24, 2.45) is 10.2 Å². The third-order valence-corrected chi connectivity index (χ3v) is 3.68. The Kier molecular flexibility index (Phi) is 6.06. The number of carbonyl (C=O) groups is 2. The molecule has 0 spiro atoms. The second-order valence-corrected chi connectivity index (χ2v) is 5.77. The monoisotopic (exact) mass is 425 g/mol. The van der Waals surface area contributed by atoms with E-state index < -0.39 is 33.1 Å². The third-order valence-electron chi connectivity index (χ3n) is 3.68. The van der Waals surface area contributed by atoms with Gasteiger partial charge in [-0.25, -0.2) is 10.3 Å². The maximum absolute atomic E-state index is 12.1. The molecule has 0 aliphatic carbocycles. The SMILES string of the molecule is O=C(N=Nc1ccc(NOC(=O)c2ccco2)cc1)c1cc([N+](=O)[O-])cc([N+](=O)[O-])c1. The topological polar surface area (TPSA) is 180 Å². The molecule has 0 fully saturated rings. The molecule has 31 heavy (non-hydrogen) atoms. The van der Waals surface area contributed by atoms with Crippen LogP contribution < -0.4 is 5.48 Å². The lowest BCUT2D eigenvalue weighted by Gasteiger charge is -2.05. The first-order chi connectivity index (χ1) is 14.8. The molecular formula is C18H11N5O8. The molecule has 156 valence electrons. The Morgan fingerprint density at radius 2 is 1.61 bits per heavy atom. The van der Waals surface area contributed by atoms with E-state index in [1.165, 1.54) is 42.7 Å². The minimum atomic E-state index is -0.999. The number of hydrogen-bond donors (Lipinski definition) is 1. The molecule has 3 rings (SSSR count). The highest BCUT2D eigenvalue weighted by atomic mass is 16.7. The number of nitro groups is 2. The molecule has 13 heteroatoms. The maximum Gasteiger partial charge on any atom is 0.398 e. The van der Waals surface area contributed by atoms with Crippen LogP contribution in [0.1, 0.15) is 20.9 Å². The number of benzene rings is 2. The number of anilines is 1. The van der Waals surface area contributed by atoms with Gasteiger partial charge in [0.25, 0.3) is 17.3 Å². The number of carbonyl (C=O) groups excluding carboxylic acids is 2. The van der Waals surface area contributed by atoms with Gasteiger partial charge in [0.15, 0.2) is 0 Å². The van der Waals surface area contributed by atoms with Crippen molar-refractivity contribution >= 4 is 34.6 Å². The Morgan fingerprint density at radius 1 is 0.968 bits per heavy atom. The lowest BCUT2D eigenvalue weighted by Crippen LogP contribution is -2.09. The van der Waals surface area contributed by atoms with Gasteiger partial charge in [0.2, 0.25) is 5.76 Å². The van der Waals surface area contributed by atoms with Crippen molar-refractivity contribution in [2.75, 3.05) is 5.48 Å². The largest absolute Gasteiger partial charge is 0.457 e. The number of amides is 1. The van der Waals surface area contributed by atoms with Crippen LogP contribution in [0.2, 0.25) is 0 Å². The van der Waals surface area contributed by atoms with Crippen molar-refractivity contribution < 1.29 is 28.7 Å². The van der Waals surface area contributed by atoms with Gasteiger partial charge in [-0.15, -0.1) is 10.2 Å². The standard InChI is InChI=1S/C18H11N5O8/c24-17(11-8-14(22(26)27)10-15(9-11)23(28)29)20-19-12-3-5-13(6-4-12)21-31-18(25)16-2-1-7-30-16/h1-10,21H. The van der Waals surface area contributed by atoms with Gasteiger partial charge in [-0.3, -0.25) is 25.0 Å². The summed E-state index contributed by atoms with van der Waals surface area (Å²) in [6.07, 6.45) is 1.32. The van der Waals surface area contributed by atoms with E-state index in [1.54, 1.807) is 0 Å². The summed E-state index contributed by atoms with van der Waals surface area (Å²) in [6.45, 7) is 0. The summed E-state index contributed by atoms with van der Waals surface area (Å²) in [4.78, 5) is 48.7. The van der Waals surface area contributed by atoms with E-state index >= 15 is 0 Å². The van der Waals surface area contributed by atoms with Gasteiger partial charge < -0.3 is 9.25 Å². The average molecular weight is 425 g/mol. The summed E-state index contributed by atoms with van der Waals surface area (Å²) in [6, 6.07) is 11.3. The highest BCUT2D eigenvalue weighted by molar-refractivity contribution is 5.96. The Morgan fingerprint density at radius 3 is 2.16 bits per heavy atom. The molecular weight excluding hydrogens is 414 g/mol. The zero-order chi connectivity index (χ0) is 22.4. The lowest BCUT2D eigenvalue weighted by atomic mass is 10.1. The summed E-state index contributed by atoms with van der Waals surface area (Å²) in [5, 5.41) is 28.9. The van der Waals surface area contributed by atoms with Gasteiger partial charge >= 0.3 is 5.97 Å². The second-order valence-electron chi connectivity index (χ2n) is 5.77. The lowest BCUT2D eigenvalue weighted by molar-refractivity contribution is -0.394. The van der Waals surface area contributed by atoms with Crippen LogP contribution in [0.4, 0.5) is 22.7 Å². The molecule has 0 aliphatic heterocycles. The molecule has 0 aliphatic rings. The van der Waals surface area contributed by atoms with Crippen LogP contribution in [0.25, 0.3) is 0 Å². The molecule has 13 nitrogen and oxygen atoms in total. The summed E-state index contributed by atoms with van der Waals surface area (Å²) >= 11 is 0. The summed E-state index contributed by atoms with van der Waals surface area (Å²) in [5.41, 5.74) is 1.44. The fourth-order valence-electron chi connectivity index (χ4n) is 2.24. The van der Waals surface area contributed by atoms with Gasteiger partial charge in [0, 0.05) is 12.1 Å². The number of furan rings is 1. The minimum Gasteiger partial charge on any atom is -0.457 e. The van der Waals surface area contributed by atoms with E-state index in [2.05, 4.69) is 15.7 Å². The van der Waals surface area contributed by atoms with Crippen molar-refractivity contribution in [3.05, 3.63) is 92.4 Å². The molecule has 0 unspecified atom stereocenters. The fraction of sp³-hybridized carbons (Fsp3) is 0. The Balaban J connectivity index is 1.66. The van der Waals surface area contributed by atoms with Crippen LogP contribution in [-0.4, -0.2) is 21.7 Å². The highest BCUT2D eigenvalue weighted by Gasteiger charge is 2.19. The average Bonchev–Trinajstić information content (AvgIpc) is 3.31. The van der Waals surface area contributed by atoms with Gasteiger partial charge in [0.05, 0.1) is 39.1 Å². The molecule has 1 N–H and O–H groups in total. The molecule has 0 radical (unpaired) electrons. The Labute approximate surface area is 172 Å². The fourth-order valence-corrected chi connectivity index (χ4v) is 2.24. The zero-order valence-electron chi connectivity index (χ0n) is 15.3. The smallest absolute Gasteiger partial charge is 0.398 e.